The summed E-state index contributed by atoms with van der Waals surface area (Å²) in [5.74, 6) is 0. The number of aliphatic hydroxyl groups is 1. The highest BCUT2D eigenvalue weighted by molar-refractivity contribution is 6.32. The SMILES string of the molecule is CNC(=O)N1N=C(c2ccc(Cl)cc2)c2cc(Cl)cc(N3CC[C@H](O)C3)c2C[C@@H]1C. The molecular weight excluding hydrogens is 423 g/mol. The van der Waals surface area contributed by atoms with Crippen LogP contribution in [0.3, 0.4) is 0 Å². The maximum absolute atomic E-state index is 12.6. The maximum atomic E-state index is 12.6. The van der Waals surface area contributed by atoms with Crippen molar-refractivity contribution in [1.82, 2.24) is 10.3 Å². The molecule has 6 nitrogen and oxygen atoms in total. The molecular formula is C22H24Cl2N4O2. The van der Waals surface area contributed by atoms with Crippen LogP contribution < -0.4 is 10.2 Å². The minimum Gasteiger partial charge on any atom is -0.391 e. The van der Waals surface area contributed by atoms with Gasteiger partial charge in [-0.25, -0.2) is 9.80 Å². The van der Waals surface area contributed by atoms with E-state index in [1.807, 2.05) is 31.2 Å². The summed E-state index contributed by atoms with van der Waals surface area (Å²) in [5, 5.41) is 20.2. The molecule has 2 aromatic carbocycles. The van der Waals surface area contributed by atoms with Crippen molar-refractivity contribution in [2.24, 2.45) is 5.10 Å². The number of carbonyl (C=O) groups is 1. The van der Waals surface area contributed by atoms with Gasteiger partial charge in [-0.05, 0) is 49.6 Å². The number of amides is 2. The summed E-state index contributed by atoms with van der Waals surface area (Å²) in [7, 11) is 1.60. The van der Waals surface area contributed by atoms with Crippen molar-refractivity contribution in [3.63, 3.8) is 0 Å². The van der Waals surface area contributed by atoms with Crippen LogP contribution >= 0.6 is 23.2 Å². The largest absolute Gasteiger partial charge is 0.391 e. The van der Waals surface area contributed by atoms with Crippen LogP contribution in [0.25, 0.3) is 0 Å². The van der Waals surface area contributed by atoms with Crippen molar-refractivity contribution >= 4 is 40.6 Å². The van der Waals surface area contributed by atoms with Gasteiger partial charge in [0.2, 0.25) is 0 Å². The van der Waals surface area contributed by atoms with Gasteiger partial charge in [0.25, 0.3) is 0 Å². The number of hydrogen-bond donors (Lipinski definition) is 2. The first-order chi connectivity index (χ1) is 14.4. The molecule has 2 aliphatic rings. The quantitative estimate of drug-likeness (QED) is 0.734. The van der Waals surface area contributed by atoms with Crippen molar-refractivity contribution in [3.05, 3.63) is 63.1 Å². The molecule has 2 N–H and O–H groups in total. The lowest BCUT2D eigenvalue weighted by atomic mass is 9.93. The lowest BCUT2D eigenvalue weighted by molar-refractivity contribution is 0.184. The van der Waals surface area contributed by atoms with Crippen LogP contribution in [0.4, 0.5) is 10.5 Å². The van der Waals surface area contributed by atoms with Crippen LogP contribution in [0.5, 0.6) is 0 Å². The van der Waals surface area contributed by atoms with E-state index >= 15 is 0 Å². The Morgan fingerprint density at radius 3 is 2.57 bits per heavy atom. The zero-order chi connectivity index (χ0) is 21.4. The first kappa shape index (κ1) is 21.0. The number of carbonyl (C=O) groups excluding carboxylic acids is 1. The number of β-amino-alcohol motifs (C(OH)–C–C–N with tert-alkyl or cyclic N) is 1. The summed E-state index contributed by atoms with van der Waals surface area (Å²) in [5.41, 5.74) is 4.46. The van der Waals surface area contributed by atoms with E-state index in [-0.39, 0.29) is 18.2 Å². The van der Waals surface area contributed by atoms with Gasteiger partial charge in [-0.15, -0.1) is 0 Å². The molecule has 2 atom stereocenters. The van der Waals surface area contributed by atoms with Crippen LogP contribution in [0.2, 0.25) is 10.0 Å². The number of aliphatic hydroxyl groups excluding tert-OH is 1. The Morgan fingerprint density at radius 1 is 1.20 bits per heavy atom. The third kappa shape index (κ3) is 4.00. The molecule has 0 radical (unpaired) electrons. The molecule has 0 saturated carbocycles. The Morgan fingerprint density at radius 2 is 1.93 bits per heavy atom. The zero-order valence-corrected chi connectivity index (χ0v) is 18.4. The maximum Gasteiger partial charge on any atom is 0.337 e. The molecule has 1 saturated heterocycles. The molecule has 2 aliphatic heterocycles. The van der Waals surface area contributed by atoms with Crippen LogP contribution in [0.15, 0.2) is 41.5 Å². The Hall–Kier alpha value is -2.28. The van der Waals surface area contributed by atoms with Crippen molar-refractivity contribution in [3.8, 4) is 0 Å². The molecule has 0 unspecified atom stereocenters. The number of urea groups is 1. The molecule has 4 rings (SSSR count). The predicted molar refractivity (Wildman–Crippen MR) is 121 cm³/mol. The third-order valence-corrected chi connectivity index (χ3v) is 6.08. The number of anilines is 1. The van der Waals surface area contributed by atoms with E-state index in [0.29, 0.717) is 28.7 Å². The van der Waals surface area contributed by atoms with Gasteiger partial charge < -0.3 is 15.3 Å². The van der Waals surface area contributed by atoms with Gasteiger partial charge in [0, 0.05) is 47.0 Å². The normalized spacial score (nSPS) is 21.2. The molecule has 0 aromatic heterocycles. The van der Waals surface area contributed by atoms with Gasteiger partial charge in [-0.1, -0.05) is 35.3 Å². The highest BCUT2D eigenvalue weighted by atomic mass is 35.5. The second-order valence-electron chi connectivity index (χ2n) is 7.75. The number of halogens is 2. The second-order valence-corrected chi connectivity index (χ2v) is 8.62. The average Bonchev–Trinajstić information content (AvgIpc) is 3.10. The average molecular weight is 447 g/mol. The van der Waals surface area contributed by atoms with E-state index in [1.54, 1.807) is 19.2 Å². The highest BCUT2D eigenvalue weighted by Gasteiger charge is 2.31. The zero-order valence-electron chi connectivity index (χ0n) is 16.9. The number of fused-ring (bicyclic) bond motifs is 1. The smallest absolute Gasteiger partial charge is 0.337 e. The number of nitrogens with zero attached hydrogens (tertiary/aromatic N) is 3. The molecule has 0 aliphatic carbocycles. The summed E-state index contributed by atoms with van der Waals surface area (Å²) in [6.07, 6.45) is 0.983. The third-order valence-electron chi connectivity index (χ3n) is 5.61. The van der Waals surface area contributed by atoms with E-state index in [0.717, 1.165) is 35.3 Å². The van der Waals surface area contributed by atoms with E-state index in [9.17, 15) is 9.90 Å². The molecule has 0 bridgehead atoms. The lowest BCUT2D eigenvalue weighted by Gasteiger charge is -2.26. The Labute approximate surface area is 186 Å². The minimum absolute atomic E-state index is 0.166. The minimum atomic E-state index is -0.352. The van der Waals surface area contributed by atoms with Crippen molar-refractivity contribution < 1.29 is 9.90 Å². The van der Waals surface area contributed by atoms with Crippen LogP contribution in [0, 0.1) is 0 Å². The first-order valence-electron chi connectivity index (χ1n) is 9.98. The summed E-state index contributed by atoms with van der Waals surface area (Å²) >= 11 is 12.6. The molecule has 30 heavy (non-hydrogen) atoms. The van der Waals surface area contributed by atoms with Gasteiger partial charge in [-0.3, -0.25) is 0 Å². The van der Waals surface area contributed by atoms with Gasteiger partial charge in [-0.2, -0.15) is 5.10 Å². The molecule has 158 valence electrons. The number of hydrogen-bond acceptors (Lipinski definition) is 4. The second kappa shape index (κ2) is 8.46. The molecule has 2 heterocycles. The molecule has 2 amide bonds. The lowest BCUT2D eigenvalue weighted by Crippen LogP contribution is -2.41. The van der Waals surface area contributed by atoms with Gasteiger partial charge in [0.05, 0.1) is 17.9 Å². The van der Waals surface area contributed by atoms with E-state index in [4.69, 9.17) is 28.3 Å². The molecule has 1 fully saturated rings. The molecule has 2 aromatic rings. The van der Waals surface area contributed by atoms with Crippen molar-refractivity contribution in [1.29, 1.82) is 0 Å². The van der Waals surface area contributed by atoms with Crippen molar-refractivity contribution in [2.45, 2.75) is 31.9 Å². The van der Waals surface area contributed by atoms with Crippen LogP contribution in [0.1, 0.15) is 30.0 Å². The van der Waals surface area contributed by atoms with E-state index < -0.39 is 0 Å². The van der Waals surface area contributed by atoms with E-state index in [1.165, 1.54) is 5.01 Å². The summed E-state index contributed by atoms with van der Waals surface area (Å²) < 4.78 is 0. The Balaban J connectivity index is 1.91. The molecule has 0 spiro atoms. The summed E-state index contributed by atoms with van der Waals surface area (Å²) in [6.45, 7) is 3.30. The van der Waals surface area contributed by atoms with Crippen LogP contribution in [-0.2, 0) is 6.42 Å². The highest BCUT2D eigenvalue weighted by Crippen LogP contribution is 2.36. The summed E-state index contributed by atoms with van der Waals surface area (Å²) in [6, 6.07) is 10.8. The standard InChI is InChI=1S/C22H24Cl2N4O2/c1-13-9-18-19(10-16(24)11-20(18)27-8-7-17(29)12-27)21(26-28(13)22(30)25-2)14-3-5-15(23)6-4-14/h3-6,10-11,13,17,29H,7-9,12H2,1-2H3,(H,25,30)/t13-,17-/m0/s1. The molecule has 8 heteroatoms. The van der Waals surface area contributed by atoms with E-state index in [2.05, 4.69) is 10.2 Å². The number of rotatable bonds is 2. The fourth-order valence-electron chi connectivity index (χ4n) is 4.11. The topological polar surface area (TPSA) is 68.2 Å². The fourth-order valence-corrected chi connectivity index (χ4v) is 4.45. The monoisotopic (exact) mass is 446 g/mol. The first-order valence-corrected chi connectivity index (χ1v) is 10.7. The van der Waals surface area contributed by atoms with Gasteiger partial charge in [0.15, 0.2) is 0 Å². The Kier molecular flexibility index (Phi) is 5.91. The van der Waals surface area contributed by atoms with Crippen molar-refractivity contribution in [2.75, 3.05) is 25.0 Å². The Bertz CT molecular complexity index is 993. The number of hydrazone groups is 1. The van der Waals surface area contributed by atoms with Gasteiger partial charge in [0.1, 0.15) is 0 Å². The van der Waals surface area contributed by atoms with Crippen LogP contribution in [-0.4, -0.2) is 54.1 Å². The number of benzene rings is 2. The fraction of sp³-hybridized carbons (Fsp3) is 0.364. The van der Waals surface area contributed by atoms with Gasteiger partial charge >= 0.3 is 6.03 Å². The summed E-state index contributed by atoms with van der Waals surface area (Å²) in [4.78, 5) is 14.7. The number of nitrogens with one attached hydrogen (secondary N) is 1. The predicted octanol–water partition coefficient (Wildman–Crippen LogP) is 3.90.